The minimum Gasteiger partial charge on any atom is -0.309 e. The highest BCUT2D eigenvalue weighted by Gasteiger charge is 2.28. The lowest BCUT2D eigenvalue weighted by Crippen LogP contribution is -2.24. The van der Waals surface area contributed by atoms with Gasteiger partial charge in [0.25, 0.3) is 0 Å². The molecule has 2 aliphatic carbocycles. The van der Waals surface area contributed by atoms with E-state index in [1.165, 1.54) is 55.6 Å². The van der Waals surface area contributed by atoms with Crippen LogP contribution in [-0.4, -0.2) is 11.5 Å². The zero-order valence-electron chi connectivity index (χ0n) is 12.2. The van der Waals surface area contributed by atoms with Crippen LogP contribution in [0.25, 0.3) is 0 Å². The molecule has 1 aromatic rings. The van der Waals surface area contributed by atoms with Gasteiger partial charge in [-0.1, -0.05) is 26.7 Å². The lowest BCUT2D eigenvalue weighted by Gasteiger charge is -2.25. The molecule has 1 heterocycles. The van der Waals surface area contributed by atoms with Gasteiger partial charge in [0.05, 0.1) is 16.7 Å². The van der Waals surface area contributed by atoms with Crippen LogP contribution >= 0.6 is 11.3 Å². The topological polar surface area (TPSA) is 24.9 Å². The molecule has 1 N–H and O–H groups in total. The van der Waals surface area contributed by atoms with Gasteiger partial charge in [-0.15, -0.1) is 11.3 Å². The van der Waals surface area contributed by atoms with Crippen molar-refractivity contribution < 1.29 is 0 Å². The molecule has 19 heavy (non-hydrogen) atoms. The van der Waals surface area contributed by atoms with E-state index in [0.717, 1.165) is 18.4 Å². The molecule has 0 saturated heterocycles. The predicted octanol–water partition coefficient (Wildman–Crippen LogP) is 4.42. The van der Waals surface area contributed by atoms with Gasteiger partial charge in [-0.3, -0.25) is 0 Å². The second-order valence-corrected chi connectivity index (χ2v) is 7.45. The van der Waals surface area contributed by atoms with E-state index in [4.69, 9.17) is 4.98 Å². The molecule has 0 spiro atoms. The number of thiazole rings is 1. The molecule has 1 saturated carbocycles. The van der Waals surface area contributed by atoms with Crippen LogP contribution < -0.4 is 5.32 Å². The molecule has 3 unspecified atom stereocenters. The Morgan fingerprint density at radius 1 is 1.26 bits per heavy atom. The van der Waals surface area contributed by atoms with E-state index in [2.05, 4.69) is 19.2 Å². The summed E-state index contributed by atoms with van der Waals surface area (Å²) in [5.74, 6) is 1.64. The Bertz CT molecular complexity index is 426. The summed E-state index contributed by atoms with van der Waals surface area (Å²) in [6.07, 6.45) is 9.39. The summed E-state index contributed by atoms with van der Waals surface area (Å²) < 4.78 is 0. The van der Waals surface area contributed by atoms with Gasteiger partial charge in [-0.2, -0.15) is 0 Å². The first-order chi connectivity index (χ1) is 9.28. The predicted molar refractivity (Wildman–Crippen MR) is 81.8 cm³/mol. The number of fused-ring (bicyclic) bond motifs is 1. The standard InChI is InChI=1S/C16H26N2S/c1-3-17-13-8-5-9-14-15(13)18-16(19-14)12-7-4-6-11(2)10-12/h11-13,17H,3-10H2,1-2H3. The van der Waals surface area contributed by atoms with E-state index in [1.807, 2.05) is 11.3 Å². The molecule has 0 aliphatic heterocycles. The van der Waals surface area contributed by atoms with Crippen LogP contribution in [-0.2, 0) is 6.42 Å². The van der Waals surface area contributed by atoms with Gasteiger partial charge in [0.1, 0.15) is 0 Å². The minimum absolute atomic E-state index is 0.528. The summed E-state index contributed by atoms with van der Waals surface area (Å²) in [6, 6.07) is 0.528. The highest BCUT2D eigenvalue weighted by molar-refractivity contribution is 7.11. The molecule has 3 atom stereocenters. The van der Waals surface area contributed by atoms with E-state index in [0.29, 0.717) is 6.04 Å². The maximum atomic E-state index is 5.06. The van der Waals surface area contributed by atoms with Crippen LogP contribution in [0, 0.1) is 5.92 Å². The number of nitrogens with one attached hydrogen (secondary N) is 1. The summed E-state index contributed by atoms with van der Waals surface area (Å²) in [4.78, 5) is 6.64. The van der Waals surface area contributed by atoms with Crippen LogP contribution in [0.15, 0.2) is 0 Å². The Morgan fingerprint density at radius 3 is 2.95 bits per heavy atom. The molecule has 3 heteroatoms. The number of aryl methyl sites for hydroxylation is 1. The highest BCUT2D eigenvalue weighted by atomic mass is 32.1. The maximum Gasteiger partial charge on any atom is 0.0962 e. The molecule has 2 nitrogen and oxygen atoms in total. The van der Waals surface area contributed by atoms with Crippen LogP contribution in [0.2, 0.25) is 0 Å². The van der Waals surface area contributed by atoms with Gasteiger partial charge < -0.3 is 5.32 Å². The molecule has 1 fully saturated rings. The highest BCUT2D eigenvalue weighted by Crippen LogP contribution is 2.41. The van der Waals surface area contributed by atoms with Crippen molar-refractivity contribution in [2.45, 2.75) is 70.8 Å². The van der Waals surface area contributed by atoms with Crippen LogP contribution in [0.3, 0.4) is 0 Å². The van der Waals surface area contributed by atoms with Crippen LogP contribution in [0.1, 0.15) is 79.9 Å². The molecule has 0 radical (unpaired) electrons. The van der Waals surface area contributed by atoms with Crippen LogP contribution in [0.5, 0.6) is 0 Å². The summed E-state index contributed by atoms with van der Waals surface area (Å²) in [7, 11) is 0. The molecular weight excluding hydrogens is 252 g/mol. The smallest absolute Gasteiger partial charge is 0.0962 e. The van der Waals surface area contributed by atoms with Gasteiger partial charge in [0.15, 0.2) is 0 Å². The lowest BCUT2D eigenvalue weighted by molar-refractivity contribution is 0.342. The van der Waals surface area contributed by atoms with Crippen molar-refractivity contribution in [2.75, 3.05) is 6.54 Å². The Labute approximate surface area is 121 Å². The average Bonchev–Trinajstić information content (AvgIpc) is 2.84. The summed E-state index contributed by atoms with van der Waals surface area (Å²) in [6.45, 7) is 5.66. The molecule has 0 aromatic carbocycles. The summed E-state index contributed by atoms with van der Waals surface area (Å²) >= 11 is 2.02. The van der Waals surface area contributed by atoms with Crippen molar-refractivity contribution >= 4 is 11.3 Å². The molecule has 106 valence electrons. The average molecular weight is 278 g/mol. The van der Waals surface area contributed by atoms with Crippen molar-refractivity contribution in [3.05, 3.63) is 15.6 Å². The quantitative estimate of drug-likeness (QED) is 0.885. The Hall–Kier alpha value is -0.410. The Morgan fingerprint density at radius 2 is 2.16 bits per heavy atom. The largest absolute Gasteiger partial charge is 0.309 e. The number of nitrogens with zero attached hydrogens (tertiary/aromatic N) is 1. The van der Waals surface area contributed by atoms with Gasteiger partial charge in [-0.05, 0) is 44.6 Å². The molecule has 1 aromatic heterocycles. The van der Waals surface area contributed by atoms with E-state index in [1.54, 1.807) is 4.88 Å². The van der Waals surface area contributed by atoms with E-state index in [-0.39, 0.29) is 0 Å². The Kier molecular flexibility index (Phi) is 4.23. The third-order valence-electron chi connectivity index (χ3n) is 4.71. The van der Waals surface area contributed by atoms with Gasteiger partial charge >= 0.3 is 0 Å². The second kappa shape index (κ2) is 5.92. The lowest BCUT2D eigenvalue weighted by atomic mass is 9.83. The molecule has 0 bridgehead atoms. The van der Waals surface area contributed by atoms with Crippen molar-refractivity contribution in [3.63, 3.8) is 0 Å². The normalized spacial score (nSPS) is 31.2. The maximum absolute atomic E-state index is 5.06. The summed E-state index contributed by atoms with van der Waals surface area (Å²) in [5, 5.41) is 5.06. The number of hydrogen-bond donors (Lipinski definition) is 1. The van der Waals surface area contributed by atoms with Crippen molar-refractivity contribution in [1.82, 2.24) is 10.3 Å². The first-order valence-corrected chi connectivity index (χ1v) is 8.82. The fraction of sp³-hybridized carbons (Fsp3) is 0.812. The zero-order chi connectivity index (χ0) is 13.2. The monoisotopic (exact) mass is 278 g/mol. The number of aromatic nitrogens is 1. The second-order valence-electron chi connectivity index (χ2n) is 6.33. The van der Waals surface area contributed by atoms with E-state index < -0.39 is 0 Å². The van der Waals surface area contributed by atoms with Crippen molar-refractivity contribution in [2.24, 2.45) is 5.92 Å². The fourth-order valence-corrected chi connectivity index (χ4v) is 5.03. The molecule has 3 rings (SSSR count). The first kappa shape index (κ1) is 13.6. The molecule has 2 aliphatic rings. The first-order valence-electron chi connectivity index (χ1n) is 8.00. The summed E-state index contributed by atoms with van der Waals surface area (Å²) in [5.41, 5.74) is 1.39. The van der Waals surface area contributed by atoms with Gasteiger partial charge in [0, 0.05) is 10.8 Å². The van der Waals surface area contributed by atoms with E-state index in [9.17, 15) is 0 Å². The minimum atomic E-state index is 0.528. The van der Waals surface area contributed by atoms with Gasteiger partial charge in [-0.25, -0.2) is 4.98 Å². The van der Waals surface area contributed by atoms with Crippen molar-refractivity contribution in [3.8, 4) is 0 Å². The SMILES string of the molecule is CCNC1CCCc2sc(C3CCCC(C)C3)nc21. The fourth-order valence-electron chi connectivity index (χ4n) is 3.72. The third-order valence-corrected chi connectivity index (χ3v) is 6.00. The van der Waals surface area contributed by atoms with Gasteiger partial charge in [0.2, 0.25) is 0 Å². The number of hydrogen-bond acceptors (Lipinski definition) is 3. The zero-order valence-corrected chi connectivity index (χ0v) is 13.1. The van der Waals surface area contributed by atoms with Crippen molar-refractivity contribution in [1.29, 1.82) is 0 Å². The molecule has 0 amide bonds. The molecular formula is C16H26N2S. The number of rotatable bonds is 3. The Balaban J connectivity index is 1.80. The van der Waals surface area contributed by atoms with Crippen LogP contribution in [0.4, 0.5) is 0 Å². The third kappa shape index (κ3) is 2.87. The van der Waals surface area contributed by atoms with E-state index >= 15 is 0 Å².